The van der Waals surface area contributed by atoms with Crippen LogP contribution in [0.25, 0.3) is 0 Å². The minimum absolute atomic E-state index is 0.0583. The molecular weight excluding hydrogens is 216 g/mol. The van der Waals surface area contributed by atoms with Crippen LogP contribution in [0.1, 0.15) is 32.6 Å². The Labute approximate surface area is 101 Å². The highest BCUT2D eigenvalue weighted by Crippen LogP contribution is 2.20. The fourth-order valence-electron chi connectivity index (χ4n) is 2.24. The first-order valence-electron chi connectivity index (χ1n) is 6.15. The summed E-state index contributed by atoms with van der Waals surface area (Å²) in [6, 6.07) is 0.303. The largest absolute Gasteiger partial charge is 0.323 e. The van der Waals surface area contributed by atoms with Gasteiger partial charge in [0.1, 0.15) is 0 Å². The lowest BCUT2D eigenvalue weighted by molar-refractivity contribution is 0.160. The van der Waals surface area contributed by atoms with E-state index < -0.39 is 0 Å². The van der Waals surface area contributed by atoms with Gasteiger partial charge in [0.25, 0.3) is 0 Å². The molecule has 0 aliphatic carbocycles. The van der Waals surface area contributed by atoms with Crippen molar-refractivity contribution >= 4 is 11.8 Å². The monoisotopic (exact) mass is 234 g/mol. The van der Waals surface area contributed by atoms with Crippen molar-refractivity contribution < 1.29 is 4.79 Å². The van der Waals surface area contributed by atoms with Gasteiger partial charge in [0.05, 0.1) is 6.20 Å². The molecule has 1 atom stereocenters. The number of anilines is 1. The number of likely N-dealkylation sites (tertiary alicyclic amines) is 1. The lowest BCUT2D eigenvalue weighted by atomic mass is 10.0. The second kappa shape index (κ2) is 5.61. The molecule has 1 aromatic rings. The van der Waals surface area contributed by atoms with Crippen LogP contribution in [0.2, 0.25) is 0 Å². The number of rotatable bonds is 2. The molecule has 1 fully saturated rings. The third-order valence-electron chi connectivity index (χ3n) is 3.16. The number of carbonyl (C=O) groups is 1. The lowest BCUT2D eigenvalue weighted by Crippen LogP contribution is -2.45. The zero-order chi connectivity index (χ0) is 12.1. The molecule has 1 unspecified atom stereocenters. The van der Waals surface area contributed by atoms with Gasteiger partial charge in [-0.1, -0.05) is 6.92 Å². The highest BCUT2D eigenvalue weighted by Gasteiger charge is 2.25. The molecule has 92 valence electrons. The van der Waals surface area contributed by atoms with Crippen molar-refractivity contribution in [1.82, 2.24) is 14.9 Å². The summed E-state index contributed by atoms with van der Waals surface area (Å²) in [5.41, 5.74) is 0. The van der Waals surface area contributed by atoms with Crippen LogP contribution in [0.15, 0.2) is 18.6 Å². The maximum absolute atomic E-state index is 12.1. The van der Waals surface area contributed by atoms with Crippen LogP contribution >= 0.6 is 0 Å². The number of aromatic nitrogens is 2. The van der Waals surface area contributed by atoms with Crippen LogP contribution in [0.4, 0.5) is 10.6 Å². The summed E-state index contributed by atoms with van der Waals surface area (Å²) in [6.45, 7) is 2.96. The average molecular weight is 234 g/mol. The predicted molar refractivity (Wildman–Crippen MR) is 65.7 cm³/mol. The molecule has 2 amide bonds. The lowest BCUT2D eigenvalue weighted by Gasteiger charge is -2.34. The van der Waals surface area contributed by atoms with Gasteiger partial charge in [0.15, 0.2) is 5.82 Å². The van der Waals surface area contributed by atoms with Gasteiger partial charge in [-0.3, -0.25) is 10.3 Å². The molecule has 2 rings (SSSR count). The molecule has 1 aliphatic heterocycles. The number of nitrogens with zero attached hydrogens (tertiary/aromatic N) is 3. The third kappa shape index (κ3) is 2.93. The molecule has 17 heavy (non-hydrogen) atoms. The summed E-state index contributed by atoms with van der Waals surface area (Å²) in [5.74, 6) is 0.512. The van der Waals surface area contributed by atoms with Gasteiger partial charge in [-0.05, 0) is 25.7 Å². The maximum atomic E-state index is 12.1. The summed E-state index contributed by atoms with van der Waals surface area (Å²) >= 11 is 0. The predicted octanol–water partition coefficient (Wildman–Crippen LogP) is 2.27. The molecular formula is C12H18N4O. The van der Waals surface area contributed by atoms with Gasteiger partial charge in [-0.2, -0.15) is 0 Å². The Bertz CT molecular complexity index is 368. The van der Waals surface area contributed by atoms with Crippen molar-refractivity contribution in [3.8, 4) is 0 Å². The maximum Gasteiger partial charge on any atom is 0.323 e. The minimum atomic E-state index is -0.0583. The molecule has 0 radical (unpaired) electrons. The van der Waals surface area contributed by atoms with Crippen LogP contribution in [-0.4, -0.2) is 33.5 Å². The highest BCUT2D eigenvalue weighted by atomic mass is 16.2. The van der Waals surface area contributed by atoms with E-state index >= 15 is 0 Å². The highest BCUT2D eigenvalue weighted by molar-refractivity contribution is 5.88. The fraction of sp³-hybridized carbons (Fsp3) is 0.583. The topological polar surface area (TPSA) is 58.1 Å². The van der Waals surface area contributed by atoms with E-state index in [0.717, 1.165) is 25.8 Å². The molecule has 1 aromatic heterocycles. The van der Waals surface area contributed by atoms with E-state index in [1.54, 1.807) is 18.6 Å². The van der Waals surface area contributed by atoms with E-state index in [1.165, 1.54) is 6.42 Å². The first-order chi connectivity index (χ1) is 8.31. The Morgan fingerprint density at radius 3 is 3.12 bits per heavy atom. The second-order valence-electron chi connectivity index (χ2n) is 4.27. The second-order valence-corrected chi connectivity index (χ2v) is 4.27. The molecule has 0 aromatic carbocycles. The molecule has 1 N–H and O–H groups in total. The standard InChI is InChI=1S/C12H18N4O/c1-2-10-5-3-4-8-16(10)12(17)15-11-9-13-6-7-14-11/h6-7,9-10H,2-5,8H2,1H3,(H,14,15,17). The van der Waals surface area contributed by atoms with E-state index in [9.17, 15) is 4.79 Å². The molecule has 1 aliphatic rings. The van der Waals surface area contributed by atoms with Crippen molar-refractivity contribution in [2.75, 3.05) is 11.9 Å². The van der Waals surface area contributed by atoms with Gasteiger partial charge in [-0.15, -0.1) is 0 Å². The Morgan fingerprint density at radius 1 is 1.53 bits per heavy atom. The number of piperidine rings is 1. The summed E-state index contributed by atoms with van der Waals surface area (Å²) in [5, 5.41) is 2.79. The van der Waals surface area contributed by atoms with Crippen LogP contribution in [0.3, 0.4) is 0 Å². The smallest absolute Gasteiger partial charge is 0.322 e. The van der Waals surface area contributed by atoms with E-state index in [4.69, 9.17) is 0 Å². The SMILES string of the molecule is CCC1CCCCN1C(=O)Nc1cnccn1. The van der Waals surface area contributed by atoms with Crippen LogP contribution in [0.5, 0.6) is 0 Å². The van der Waals surface area contributed by atoms with Crippen LogP contribution in [-0.2, 0) is 0 Å². The molecule has 1 saturated heterocycles. The van der Waals surface area contributed by atoms with Gasteiger partial charge in [0, 0.05) is 25.0 Å². The number of urea groups is 1. The summed E-state index contributed by atoms with van der Waals surface area (Å²) in [4.78, 5) is 22.0. The molecule has 0 saturated carbocycles. The Hall–Kier alpha value is -1.65. The zero-order valence-corrected chi connectivity index (χ0v) is 10.1. The van der Waals surface area contributed by atoms with Crippen molar-refractivity contribution in [2.24, 2.45) is 0 Å². The molecule has 5 nitrogen and oxygen atoms in total. The van der Waals surface area contributed by atoms with Crippen molar-refractivity contribution in [3.05, 3.63) is 18.6 Å². The molecule has 5 heteroatoms. The first kappa shape index (κ1) is 11.8. The number of carbonyl (C=O) groups excluding carboxylic acids is 1. The van der Waals surface area contributed by atoms with E-state index in [2.05, 4.69) is 22.2 Å². The molecule has 2 heterocycles. The van der Waals surface area contributed by atoms with Crippen LogP contribution < -0.4 is 5.32 Å². The van der Waals surface area contributed by atoms with Gasteiger partial charge in [0.2, 0.25) is 0 Å². The number of nitrogens with one attached hydrogen (secondary N) is 1. The normalized spacial score (nSPS) is 20.1. The zero-order valence-electron chi connectivity index (χ0n) is 10.1. The van der Waals surface area contributed by atoms with Gasteiger partial charge < -0.3 is 4.90 Å². The Kier molecular flexibility index (Phi) is 3.90. The first-order valence-corrected chi connectivity index (χ1v) is 6.15. The van der Waals surface area contributed by atoms with E-state index in [-0.39, 0.29) is 6.03 Å². The van der Waals surface area contributed by atoms with E-state index in [1.807, 2.05) is 4.90 Å². The molecule has 0 spiro atoms. The van der Waals surface area contributed by atoms with Crippen molar-refractivity contribution in [3.63, 3.8) is 0 Å². The number of hydrogen-bond acceptors (Lipinski definition) is 3. The quantitative estimate of drug-likeness (QED) is 0.854. The van der Waals surface area contributed by atoms with Gasteiger partial charge in [-0.25, -0.2) is 9.78 Å². The van der Waals surface area contributed by atoms with Crippen molar-refractivity contribution in [2.45, 2.75) is 38.6 Å². The Balaban J connectivity index is 1.99. The number of hydrogen-bond donors (Lipinski definition) is 1. The summed E-state index contributed by atoms with van der Waals surface area (Å²) in [6.07, 6.45) is 9.13. The van der Waals surface area contributed by atoms with Gasteiger partial charge >= 0.3 is 6.03 Å². The summed E-state index contributed by atoms with van der Waals surface area (Å²) in [7, 11) is 0. The fourth-order valence-corrected chi connectivity index (χ4v) is 2.24. The van der Waals surface area contributed by atoms with Crippen LogP contribution in [0, 0.1) is 0 Å². The molecule has 0 bridgehead atoms. The number of amides is 2. The van der Waals surface area contributed by atoms with E-state index in [0.29, 0.717) is 11.9 Å². The van der Waals surface area contributed by atoms with Crippen molar-refractivity contribution in [1.29, 1.82) is 0 Å². The minimum Gasteiger partial charge on any atom is -0.322 e. The Morgan fingerprint density at radius 2 is 2.41 bits per heavy atom. The average Bonchev–Trinajstić information content (AvgIpc) is 2.40. The summed E-state index contributed by atoms with van der Waals surface area (Å²) < 4.78 is 0. The third-order valence-corrected chi connectivity index (χ3v) is 3.16.